The van der Waals surface area contributed by atoms with Gasteiger partial charge in [-0.1, -0.05) is 12.1 Å². The molecule has 1 aromatic carbocycles. The molecule has 0 spiro atoms. The maximum Gasteiger partial charge on any atom is 0.197 e. The molecule has 1 unspecified atom stereocenters. The van der Waals surface area contributed by atoms with Gasteiger partial charge in [0, 0.05) is 43.9 Å². The highest BCUT2D eigenvalue weighted by atomic mass is 16.3. The quantitative estimate of drug-likeness (QED) is 0.928. The predicted molar refractivity (Wildman–Crippen MR) is 93.0 cm³/mol. The van der Waals surface area contributed by atoms with E-state index in [9.17, 15) is 9.90 Å². The Morgan fingerprint density at radius 2 is 2.12 bits per heavy atom. The van der Waals surface area contributed by atoms with Crippen molar-refractivity contribution in [3.63, 3.8) is 0 Å². The second kappa shape index (κ2) is 6.67. The zero-order chi connectivity index (χ0) is 16.5. The first-order valence-electron chi connectivity index (χ1n) is 8.84. The molecule has 128 valence electrons. The Morgan fingerprint density at radius 1 is 1.25 bits per heavy atom. The number of piperazine rings is 1. The molecule has 2 atom stereocenters. The summed E-state index contributed by atoms with van der Waals surface area (Å²) in [7, 11) is 0. The molecule has 5 heteroatoms. The summed E-state index contributed by atoms with van der Waals surface area (Å²) in [6.07, 6.45) is 4.85. The van der Waals surface area contributed by atoms with Crippen LogP contribution in [-0.4, -0.2) is 53.2 Å². The zero-order valence-electron chi connectivity index (χ0n) is 13.9. The largest absolute Gasteiger partial charge is 0.464 e. The van der Waals surface area contributed by atoms with Crippen LogP contribution in [-0.2, 0) is 6.54 Å². The number of fused-ring (bicyclic) bond motifs is 2. The fraction of sp³-hybridized carbons (Fsp3) is 0.526. The van der Waals surface area contributed by atoms with Crippen LogP contribution in [0.5, 0.6) is 0 Å². The highest BCUT2D eigenvalue weighted by Gasteiger charge is 2.36. The van der Waals surface area contributed by atoms with Crippen molar-refractivity contribution in [3.8, 4) is 0 Å². The van der Waals surface area contributed by atoms with Gasteiger partial charge in [-0.3, -0.25) is 14.6 Å². The number of aliphatic hydroxyl groups excluding tert-OH is 1. The van der Waals surface area contributed by atoms with Gasteiger partial charge in [-0.15, -0.1) is 0 Å². The third-order valence-electron chi connectivity index (χ3n) is 5.49. The number of benzene rings is 1. The topological polar surface area (TPSA) is 56.9 Å². The van der Waals surface area contributed by atoms with Crippen molar-refractivity contribution < 1.29 is 9.52 Å². The molecule has 3 heterocycles. The summed E-state index contributed by atoms with van der Waals surface area (Å²) in [5.74, 6) is 0. The molecule has 4 rings (SSSR count). The van der Waals surface area contributed by atoms with E-state index in [0.29, 0.717) is 35.2 Å². The van der Waals surface area contributed by atoms with E-state index in [-0.39, 0.29) is 12.0 Å². The summed E-state index contributed by atoms with van der Waals surface area (Å²) in [5.41, 5.74) is 1.41. The molecule has 0 amide bonds. The van der Waals surface area contributed by atoms with Crippen molar-refractivity contribution in [2.45, 2.75) is 37.9 Å². The lowest BCUT2D eigenvalue weighted by Gasteiger charge is -2.43. The lowest BCUT2D eigenvalue weighted by molar-refractivity contribution is 0.0329. The van der Waals surface area contributed by atoms with Crippen LogP contribution < -0.4 is 5.43 Å². The molecule has 0 aliphatic carbocycles. The molecule has 2 fully saturated rings. The van der Waals surface area contributed by atoms with Crippen LogP contribution in [0.25, 0.3) is 11.0 Å². The van der Waals surface area contributed by atoms with E-state index in [0.717, 1.165) is 19.5 Å². The Kier molecular flexibility index (Phi) is 4.39. The first-order valence-corrected chi connectivity index (χ1v) is 8.84. The SMILES string of the molecule is O=c1c(CN2CC3CCCN3C[C@@H]2CCO)coc2ccccc12. The van der Waals surface area contributed by atoms with Crippen molar-refractivity contribution >= 4 is 11.0 Å². The average molecular weight is 328 g/mol. The van der Waals surface area contributed by atoms with E-state index in [1.807, 2.05) is 24.3 Å². The monoisotopic (exact) mass is 328 g/mol. The van der Waals surface area contributed by atoms with Gasteiger partial charge >= 0.3 is 0 Å². The number of hydrogen-bond acceptors (Lipinski definition) is 5. The lowest BCUT2D eigenvalue weighted by atomic mass is 10.0. The molecule has 2 aliphatic rings. The molecule has 1 N–H and O–H groups in total. The van der Waals surface area contributed by atoms with E-state index < -0.39 is 0 Å². The van der Waals surface area contributed by atoms with Crippen molar-refractivity contribution in [2.75, 3.05) is 26.2 Å². The van der Waals surface area contributed by atoms with Crippen molar-refractivity contribution in [1.29, 1.82) is 0 Å². The van der Waals surface area contributed by atoms with E-state index in [1.54, 1.807) is 6.26 Å². The van der Waals surface area contributed by atoms with Gasteiger partial charge in [-0.25, -0.2) is 0 Å². The van der Waals surface area contributed by atoms with Gasteiger partial charge in [0.25, 0.3) is 0 Å². The van der Waals surface area contributed by atoms with Crippen LogP contribution >= 0.6 is 0 Å². The first kappa shape index (κ1) is 15.8. The van der Waals surface area contributed by atoms with Crippen LogP contribution in [0.1, 0.15) is 24.8 Å². The zero-order valence-corrected chi connectivity index (χ0v) is 13.9. The molecule has 0 radical (unpaired) electrons. The van der Waals surface area contributed by atoms with Gasteiger partial charge in [0.1, 0.15) is 5.58 Å². The van der Waals surface area contributed by atoms with Gasteiger partial charge < -0.3 is 9.52 Å². The standard InChI is InChI=1S/C19H24N2O3/c22-9-7-16-11-20-8-3-4-15(20)12-21(16)10-14-13-24-18-6-2-1-5-17(18)19(14)23/h1-2,5-6,13,15-16,22H,3-4,7-12H2/t15?,16-/m0/s1. The van der Waals surface area contributed by atoms with Gasteiger partial charge in [0.15, 0.2) is 5.43 Å². The van der Waals surface area contributed by atoms with E-state index in [1.165, 1.54) is 19.4 Å². The number of hydrogen-bond donors (Lipinski definition) is 1. The third-order valence-corrected chi connectivity index (χ3v) is 5.49. The van der Waals surface area contributed by atoms with Crippen LogP contribution in [0.2, 0.25) is 0 Å². The molecule has 2 aliphatic heterocycles. The normalized spacial score (nSPS) is 25.2. The molecule has 0 bridgehead atoms. The smallest absolute Gasteiger partial charge is 0.197 e. The number of rotatable bonds is 4. The molecule has 5 nitrogen and oxygen atoms in total. The van der Waals surface area contributed by atoms with E-state index in [4.69, 9.17) is 4.42 Å². The minimum Gasteiger partial charge on any atom is -0.464 e. The Morgan fingerprint density at radius 3 is 3.00 bits per heavy atom. The van der Waals surface area contributed by atoms with Crippen molar-refractivity contribution in [2.24, 2.45) is 0 Å². The molecule has 24 heavy (non-hydrogen) atoms. The number of nitrogens with zero attached hydrogens (tertiary/aromatic N) is 2. The molecular weight excluding hydrogens is 304 g/mol. The van der Waals surface area contributed by atoms with Crippen LogP contribution in [0.3, 0.4) is 0 Å². The Hall–Kier alpha value is -1.69. The van der Waals surface area contributed by atoms with E-state index in [2.05, 4.69) is 9.80 Å². The molecule has 1 aromatic heterocycles. The van der Waals surface area contributed by atoms with E-state index >= 15 is 0 Å². The Labute approximate surface area is 141 Å². The van der Waals surface area contributed by atoms with Crippen LogP contribution in [0, 0.1) is 0 Å². The fourth-order valence-electron chi connectivity index (χ4n) is 4.21. The summed E-state index contributed by atoms with van der Waals surface area (Å²) in [6.45, 7) is 3.91. The molecule has 2 saturated heterocycles. The Bertz CT molecular complexity index is 773. The number of para-hydroxylation sites is 1. The van der Waals surface area contributed by atoms with Crippen molar-refractivity contribution in [1.82, 2.24) is 9.80 Å². The highest BCUT2D eigenvalue weighted by molar-refractivity contribution is 5.76. The van der Waals surface area contributed by atoms with Gasteiger partial charge in [-0.2, -0.15) is 0 Å². The van der Waals surface area contributed by atoms with Gasteiger partial charge in [-0.05, 0) is 37.9 Å². The molecule has 0 saturated carbocycles. The van der Waals surface area contributed by atoms with Crippen LogP contribution in [0.4, 0.5) is 0 Å². The van der Waals surface area contributed by atoms with Gasteiger partial charge in [0.05, 0.1) is 11.6 Å². The number of aliphatic hydroxyl groups is 1. The van der Waals surface area contributed by atoms with Crippen LogP contribution in [0.15, 0.2) is 39.7 Å². The summed E-state index contributed by atoms with van der Waals surface area (Å²) in [5, 5.41) is 10.1. The highest BCUT2D eigenvalue weighted by Crippen LogP contribution is 2.27. The maximum atomic E-state index is 12.7. The lowest BCUT2D eigenvalue weighted by Crippen LogP contribution is -2.56. The fourth-order valence-corrected chi connectivity index (χ4v) is 4.21. The Balaban J connectivity index is 1.60. The summed E-state index contributed by atoms with van der Waals surface area (Å²) in [6, 6.07) is 8.29. The maximum absolute atomic E-state index is 12.7. The van der Waals surface area contributed by atoms with Crippen molar-refractivity contribution in [3.05, 3.63) is 46.3 Å². The minimum absolute atomic E-state index is 0.0634. The predicted octanol–water partition coefficient (Wildman–Crippen LogP) is 1.82. The second-order valence-electron chi connectivity index (χ2n) is 6.97. The second-order valence-corrected chi connectivity index (χ2v) is 6.97. The average Bonchev–Trinajstić information content (AvgIpc) is 3.05. The molecular formula is C19H24N2O3. The third kappa shape index (κ3) is 2.88. The van der Waals surface area contributed by atoms with Gasteiger partial charge in [0.2, 0.25) is 0 Å². The molecule has 2 aromatic rings. The summed E-state index contributed by atoms with van der Waals surface area (Å²) >= 11 is 0. The summed E-state index contributed by atoms with van der Waals surface area (Å²) < 4.78 is 5.66. The summed E-state index contributed by atoms with van der Waals surface area (Å²) in [4.78, 5) is 17.7. The minimum atomic E-state index is 0.0634. The first-order chi connectivity index (χ1) is 11.8.